The van der Waals surface area contributed by atoms with Crippen molar-refractivity contribution in [3.05, 3.63) is 65.0 Å². The van der Waals surface area contributed by atoms with Crippen LogP contribution in [0, 0.1) is 5.92 Å². The molecule has 0 aliphatic carbocycles. The van der Waals surface area contributed by atoms with Crippen LogP contribution in [0.3, 0.4) is 0 Å². The van der Waals surface area contributed by atoms with Gasteiger partial charge >= 0.3 is 47.5 Å². The largest absolute Gasteiger partial charge is 1.00 e. The molecule has 2 N–H and O–H groups in total. The Morgan fingerprint density at radius 2 is 1.34 bits per heavy atom. The van der Waals surface area contributed by atoms with Crippen LogP contribution < -0.4 is 68.4 Å². The summed E-state index contributed by atoms with van der Waals surface area (Å²) in [7, 11) is 5.59. The van der Waals surface area contributed by atoms with Crippen molar-refractivity contribution in [1.82, 2.24) is 30.2 Å². The number of rotatable bonds is 13. The van der Waals surface area contributed by atoms with Crippen LogP contribution >= 0.6 is 0 Å². The maximum absolute atomic E-state index is 12.1. The standard InChI is InChI=1S/C19H18N4O8.C15H19N3O3.Na/c1-26-12-8-13(27-2)21-18(20-12)30-10-6-5-7-11(16(10)17(24)25)31-19-22-14(28-3)9-15(23-19)29-4;1-5-9-6-10(13(19)20)11(16-7-9)12-17-14(21)15(4,18-12)8(2)3;/h5-9H,1-4H3,(H,24,25);6-8H,5H2,1-4H3,(H,19,20)(H,17,18,21);/q;;+1/p-1. The SMILES string of the molecule is CCc1cnc(C2=NC(C)(C(C)C)C(=O)N2)c(C(=O)O)c1.COc1cc(OC)nc(Oc2cccc(Oc3nc(OC)cc(OC)n3)c2C(=O)[O-])n1.[Na+]. The molecule has 1 aromatic carbocycles. The Kier molecular flexibility index (Phi) is 14.4. The smallest absolute Gasteiger partial charge is 0.545 e. The minimum absolute atomic E-state index is 0. The minimum atomic E-state index is -1.57. The molecule has 0 fully saturated rings. The first-order chi connectivity index (χ1) is 24.8. The van der Waals surface area contributed by atoms with Crippen LogP contribution in [0.2, 0.25) is 0 Å². The van der Waals surface area contributed by atoms with Gasteiger partial charge in [-0.2, -0.15) is 19.9 Å². The van der Waals surface area contributed by atoms with Crippen molar-refractivity contribution in [2.45, 2.75) is 39.7 Å². The summed E-state index contributed by atoms with van der Waals surface area (Å²) in [6.07, 6.45) is 2.30. The van der Waals surface area contributed by atoms with E-state index in [-0.39, 0.29) is 106 Å². The summed E-state index contributed by atoms with van der Waals surface area (Å²) in [6, 6.07) is 8.25. The molecule has 1 aliphatic rings. The zero-order valence-corrected chi connectivity index (χ0v) is 32.5. The van der Waals surface area contributed by atoms with E-state index in [1.54, 1.807) is 19.2 Å². The summed E-state index contributed by atoms with van der Waals surface area (Å²) in [4.78, 5) is 60.0. The molecule has 1 amide bonds. The molecule has 274 valence electrons. The molecule has 0 radical (unpaired) electrons. The van der Waals surface area contributed by atoms with Gasteiger partial charge in [0.1, 0.15) is 22.7 Å². The van der Waals surface area contributed by atoms with Gasteiger partial charge in [-0.3, -0.25) is 9.78 Å². The number of pyridine rings is 1. The van der Waals surface area contributed by atoms with Crippen molar-refractivity contribution in [2.24, 2.45) is 10.9 Å². The number of methoxy groups -OCH3 is 4. The quantitative estimate of drug-likeness (QED) is 0.170. The number of benzene rings is 1. The van der Waals surface area contributed by atoms with Crippen LogP contribution in [0.25, 0.3) is 0 Å². The molecule has 1 unspecified atom stereocenters. The third-order valence-corrected chi connectivity index (χ3v) is 7.72. The maximum Gasteiger partial charge on any atom is 1.00 e. The second-order valence-corrected chi connectivity index (χ2v) is 11.2. The number of nitrogens with one attached hydrogen (secondary N) is 1. The molecule has 0 saturated carbocycles. The molecule has 19 heteroatoms. The first kappa shape index (κ1) is 41.8. The number of aromatic carboxylic acids is 2. The van der Waals surface area contributed by atoms with Gasteiger partial charge in [-0.05, 0) is 43.0 Å². The van der Waals surface area contributed by atoms with Crippen LogP contribution in [0.4, 0.5) is 0 Å². The van der Waals surface area contributed by atoms with Gasteiger partial charge in [0, 0.05) is 6.20 Å². The zero-order chi connectivity index (χ0) is 38.2. The average Bonchev–Trinajstić information content (AvgIpc) is 3.45. The number of hydrogen-bond acceptors (Lipinski definition) is 16. The van der Waals surface area contributed by atoms with Crippen molar-refractivity contribution in [1.29, 1.82) is 0 Å². The normalized spacial score (nSPS) is 14.4. The first-order valence-electron chi connectivity index (χ1n) is 15.5. The van der Waals surface area contributed by atoms with Gasteiger partial charge in [-0.15, -0.1) is 0 Å². The average molecular weight is 742 g/mol. The number of aromatic nitrogens is 5. The third kappa shape index (κ3) is 9.85. The molecule has 1 atom stereocenters. The molecule has 4 aromatic rings. The molecular formula is C34H36N7NaO11. The van der Waals surface area contributed by atoms with E-state index in [9.17, 15) is 24.6 Å². The van der Waals surface area contributed by atoms with Crippen molar-refractivity contribution >= 4 is 23.7 Å². The van der Waals surface area contributed by atoms with Gasteiger partial charge in [0.2, 0.25) is 23.5 Å². The van der Waals surface area contributed by atoms with Crippen molar-refractivity contribution < 1.29 is 82.6 Å². The summed E-state index contributed by atoms with van der Waals surface area (Å²) >= 11 is 0. The fraction of sp³-hybridized carbons (Fsp3) is 0.324. The minimum Gasteiger partial charge on any atom is -0.545 e. The molecule has 0 spiro atoms. The monoisotopic (exact) mass is 741 g/mol. The molecule has 18 nitrogen and oxygen atoms in total. The Bertz CT molecular complexity index is 1890. The summed E-state index contributed by atoms with van der Waals surface area (Å²) < 4.78 is 31.3. The van der Waals surface area contributed by atoms with E-state index in [4.69, 9.17) is 28.4 Å². The van der Waals surface area contributed by atoms with E-state index in [1.165, 1.54) is 58.8 Å². The number of amidine groups is 1. The number of carboxylic acids is 2. The summed E-state index contributed by atoms with van der Waals surface area (Å²) in [5.74, 6) is -2.34. The van der Waals surface area contributed by atoms with Crippen LogP contribution in [-0.2, 0) is 11.2 Å². The third-order valence-electron chi connectivity index (χ3n) is 7.72. The number of ether oxygens (including phenoxy) is 6. The second kappa shape index (κ2) is 18.3. The van der Waals surface area contributed by atoms with Crippen LogP contribution in [0.15, 0.2) is 47.6 Å². The number of carbonyl (C=O) groups excluding carboxylic acids is 2. The molecule has 53 heavy (non-hydrogen) atoms. The molecule has 1 aliphatic heterocycles. The number of nitrogens with zero attached hydrogens (tertiary/aromatic N) is 6. The molecule has 3 aromatic heterocycles. The predicted octanol–water partition coefficient (Wildman–Crippen LogP) is -0.114. The number of aliphatic imine (C=N–C) groups is 1. The van der Waals surface area contributed by atoms with Crippen molar-refractivity contribution in [3.63, 3.8) is 0 Å². The van der Waals surface area contributed by atoms with E-state index in [0.29, 0.717) is 6.42 Å². The molecule has 5 rings (SSSR count). The van der Waals surface area contributed by atoms with Gasteiger partial charge in [-0.25, -0.2) is 9.79 Å². The zero-order valence-electron chi connectivity index (χ0n) is 30.5. The molecule has 0 bridgehead atoms. The van der Waals surface area contributed by atoms with Gasteiger partial charge in [0.15, 0.2) is 5.84 Å². The Labute approximate surface area is 326 Å². The number of carbonyl (C=O) groups is 3. The number of hydrogen-bond donors (Lipinski definition) is 2. The van der Waals surface area contributed by atoms with E-state index in [0.717, 1.165) is 5.56 Å². The number of aryl methyl sites for hydroxylation is 1. The van der Waals surface area contributed by atoms with E-state index >= 15 is 0 Å². The Hall–Kier alpha value is -5.59. The summed E-state index contributed by atoms with van der Waals surface area (Å²) in [6.45, 7) is 7.46. The van der Waals surface area contributed by atoms with Crippen LogP contribution in [0.1, 0.15) is 59.7 Å². The van der Waals surface area contributed by atoms with E-state index < -0.39 is 23.0 Å². The summed E-state index contributed by atoms with van der Waals surface area (Å²) in [5, 5.41) is 23.9. The number of carboxylic acid groups (broad SMARTS) is 2. The predicted molar refractivity (Wildman–Crippen MR) is 180 cm³/mol. The van der Waals surface area contributed by atoms with Crippen molar-refractivity contribution in [3.8, 4) is 47.0 Å². The number of amides is 1. The van der Waals surface area contributed by atoms with E-state index in [2.05, 4.69) is 35.2 Å². The fourth-order valence-electron chi connectivity index (χ4n) is 4.46. The van der Waals surface area contributed by atoms with Crippen LogP contribution in [-0.4, -0.2) is 87.7 Å². The van der Waals surface area contributed by atoms with E-state index in [1.807, 2.05) is 20.8 Å². The fourth-order valence-corrected chi connectivity index (χ4v) is 4.46. The Balaban J connectivity index is 0.000000301. The second-order valence-electron chi connectivity index (χ2n) is 11.2. The molecule has 4 heterocycles. The van der Waals surface area contributed by atoms with Crippen molar-refractivity contribution in [2.75, 3.05) is 28.4 Å². The Morgan fingerprint density at radius 3 is 1.70 bits per heavy atom. The Morgan fingerprint density at radius 1 is 0.868 bits per heavy atom. The van der Waals surface area contributed by atoms with Gasteiger partial charge < -0.3 is 48.7 Å². The summed E-state index contributed by atoms with van der Waals surface area (Å²) in [5.41, 5.74) is -0.222. The van der Waals surface area contributed by atoms with Gasteiger partial charge in [0.05, 0.1) is 57.7 Å². The molecule has 0 saturated heterocycles. The first-order valence-corrected chi connectivity index (χ1v) is 15.5. The maximum atomic E-state index is 12.1. The van der Waals surface area contributed by atoms with Crippen LogP contribution in [0.5, 0.6) is 47.0 Å². The van der Waals surface area contributed by atoms with Gasteiger partial charge in [0.25, 0.3) is 5.91 Å². The molecular weight excluding hydrogens is 705 g/mol. The topological polar surface area (TPSA) is 239 Å². The van der Waals surface area contributed by atoms with Gasteiger partial charge in [-0.1, -0.05) is 26.8 Å².